The summed E-state index contributed by atoms with van der Waals surface area (Å²) < 4.78 is 5.15. The molecule has 2 aliphatic heterocycles. The molecule has 146 valence electrons. The van der Waals surface area contributed by atoms with Crippen LogP contribution in [-0.2, 0) is 9.59 Å². The van der Waals surface area contributed by atoms with Crippen LogP contribution in [0.2, 0.25) is 0 Å². The number of fused-ring (bicyclic) bond motifs is 1. The predicted molar refractivity (Wildman–Crippen MR) is 104 cm³/mol. The van der Waals surface area contributed by atoms with Gasteiger partial charge in [0.25, 0.3) is 5.56 Å². The SMILES string of the molecule is COc1cccc(NC(=O)[C@H]2CC(=O)Nc3nc(N4CCCC4)[nH]c(=O)c32)c1. The minimum Gasteiger partial charge on any atom is -0.497 e. The van der Waals surface area contributed by atoms with Gasteiger partial charge in [0.05, 0.1) is 18.6 Å². The van der Waals surface area contributed by atoms with Crippen molar-refractivity contribution < 1.29 is 14.3 Å². The standard InChI is InChI=1S/C19H21N5O4/c1-28-12-6-4-5-11(9-12)20-17(26)13-10-14(25)21-16-15(13)18(27)23-19(22-16)24-7-2-3-8-24/h4-6,9,13H,2-3,7-8,10H2,1H3,(H,20,26)(H2,21,22,23,25,27)/t13-/m0/s1. The molecule has 2 aromatic rings. The van der Waals surface area contributed by atoms with Crippen molar-refractivity contribution in [2.75, 3.05) is 35.7 Å². The lowest BCUT2D eigenvalue weighted by atomic mass is 9.92. The number of anilines is 3. The van der Waals surface area contributed by atoms with Crippen LogP contribution in [-0.4, -0.2) is 42.0 Å². The summed E-state index contributed by atoms with van der Waals surface area (Å²) in [6, 6.07) is 6.88. The monoisotopic (exact) mass is 383 g/mol. The van der Waals surface area contributed by atoms with E-state index in [4.69, 9.17) is 4.74 Å². The second-order valence-corrected chi connectivity index (χ2v) is 6.87. The number of aromatic nitrogens is 2. The molecule has 2 aliphatic rings. The highest BCUT2D eigenvalue weighted by atomic mass is 16.5. The molecule has 0 spiro atoms. The van der Waals surface area contributed by atoms with E-state index in [9.17, 15) is 14.4 Å². The zero-order valence-corrected chi connectivity index (χ0v) is 15.4. The van der Waals surface area contributed by atoms with Gasteiger partial charge in [-0.1, -0.05) is 6.07 Å². The maximum Gasteiger partial charge on any atom is 0.258 e. The van der Waals surface area contributed by atoms with Gasteiger partial charge in [-0.15, -0.1) is 0 Å². The number of nitrogens with one attached hydrogen (secondary N) is 3. The van der Waals surface area contributed by atoms with Gasteiger partial charge < -0.3 is 20.3 Å². The number of hydrogen-bond donors (Lipinski definition) is 3. The number of rotatable bonds is 4. The summed E-state index contributed by atoms with van der Waals surface area (Å²) >= 11 is 0. The molecule has 1 fully saturated rings. The molecule has 0 bridgehead atoms. The van der Waals surface area contributed by atoms with Gasteiger partial charge in [-0.2, -0.15) is 4.98 Å². The molecule has 4 rings (SSSR count). The number of nitrogens with zero attached hydrogens (tertiary/aromatic N) is 2. The van der Waals surface area contributed by atoms with Gasteiger partial charge >= 0.3 is 0 Å². The van der Waals surface area contributed by atoms with E-state index in [1.807, 2.05) is 4.90 Å². The summed E-state index contributed by atoms with van der Waals surface area (Å²) in [5.74, 6) is -0.523. The van der Waals surface area contributed by atoms with Gasteiger partial charge in [0.1, 0.15) is 11.6 Å². The van der Waals surface area contributed by atoms with Crippen LogP contribution in [0.5, 0.6) is 5.75 Å². The highest BCUT2D eigenvalue weighted by molar-refractivity contribution is 6.04. The molecule has 3 heterocycles. The largest absolute Gasteiger partial charge is 0.497 e. The maximum absolute atomic E-state index is 12.8. The first-order valence-electron chi connectivity index (χ1n) is 9.19. The molecule has 1 atom stereocenters. The van der Waals surface area contributed by atoms with Crippen molar-refractivity contribution in [2.45, 2.75) is 25.2 Å². The lowest BCUT2D eigenvalue weighted by Crippen LogP contribution is -2.37. The minimum atomic E-state index is -0.918. The Kier molecular flexibility index (Phi) is 4.72. The smallest absolute Gasteiger partial charge is 0.258 e. The third-order valence-corrected chi connectivity index (χ3v) is 5.00. The quantitative estimate of drug-likeness (QED) is 0.736. The minimum absolute atomic E-state index is 0.114. The van der Waals surface area contributed by atoms with Gasteiger partial charge in [-0.3, -0.25) is 19.4 Å². The molecule has 2 amide bonds. The Balaban J connectivity index is 1.64. The zero-order valence-electron chi connectivity index (χ0n) is 15.4. The Morgan fingerprint density at radius 1 is 1.29 bits per heavy atom. The van der Waals surface area contributed by atoms with E-state index < -0.39 is 17.4 Å². The summed E-state index contributed by atoms with van der Waals surface area (Å²) in [7, 11) is 1.53. The van der Waals surface area contributed by atoms with Gasteiger partial charge in [0.15, 0.2) is 0 Å². The van der Waals surface area contributed by atoms with Crippen LogP contribution in [0, 0.1) is 0 Å². The number of carbonyl (C=O) groups excluding carboxylic acids is 2. The van der Waals surface area contributed by atoms with Crippen molar-refractivity contribution in [3.05, 3.63) is 40.2 Å². The third kappa shape index (κ3) is 3.42. The Hall–Kier alpha value is -3.36. The zero-order chi connectivity index (χ0) is 19.7. The first kappa shape index (κ1) is 18.0. The molecular weight excluding hydrogens is 362 g/mol. The number of methoxy groups -OCH3 is 1. The molecular formula is C19H21N5O4. The number of aromatic amines is 1. The number of benzene rings is 1. The number of ether oxygens (including phenoxy) is 1. The lowest BCUT2D eigenvalue weighted by Gasteiger charge is -2.25. The highest BCUT2D eigenvalue weighted by Gasteiger charge is 2.35. The number of H-pyrrole nitrogens is 1. The van der Waals surface area contributed by atoms with E-state index in [1.165, 1.54) is 7.11 Å². The molecule has 1 aromatic carbocycles. The Morgan fingerprint density at radius 3 is 2.82 bits per heavy atom. The summed E-state index contributed by atoms with van der Waals surface area (Å²) in [4.78, 5) is 46.9. The first-order chi connectivity index (χ1) is 13.5. The Bertz CT molecular complexity index is 981. The average molecular weight is 383 g/mol. The van der Waals surface area contributed by atoms with E-state index in [-0.39, 0.29) is 23.7 Å². The van der Waals surface area contributed by atoms with Crippen molar-refractivity contribution in [3.8, 4) is 5.75 Å². The van der Waals surface area contributed by atoms with Crippen LogP contribution in [0.15, 0.2) is 29.1 Å². The number of amides is 2. The Labute approximate surface area is 161 Å². The van der Waals surface area contributed by atoms with Gasteiger partial charge in [0, 0.05) is 31.3 Å². The third-order valence-electron chi connectivity index (χ3n) is 5.00. The van der Waals surface area contributed by atoms with Crippen LogP contribution in [0.1, 0.15) is 30.7 Å². The van der Waals surface area contributed by atoms with E-state index in [0.29, 0.717) is 17.4 Å². The van der Waals surface area contributed by atoms with Crippen molar-refractivity contribution in [1.29, 1.82) is 0 Å². The summed E-state index contributed by atoms with van der Waals surface area (Å²) in [6.07, 6.45) is 1.94. The van der Waals surface area contributed by atoms with Crippen molar-refractivity contribution in [2.24, 2.45) is 0 Å². The van der Waals surface area contributed by atoms with Gasteiger partial charge in [-0.25, -0.2) is 0 Å². The van der Waals surface area contributed by atoms with Crippen molar-refractivity contribution in [1.82, 2.24) is 9.97 Å². The van der Waals surface area contributed by atoms with Crippen LogP contribution >= 0.6 is 0 Å². The average Bonchev–Trinajstić information content (AvgIpc) is 3.22. The fourth-order valence-electron chi connectivity index (χ4n) is 3.59. The second-order valence-electron chi connectivity index (χ2n) is 6.87. The lowest BCUT2D eigenvalue weighted by molar-refractivity contribution is -0.123. The van der Waals surface area contributed by atoms with Crippen molar-refractivity contribution in [3.63, 3.8) is 0 Å². The molecule has 9 heteroatoms. The number of carbonyl (C=O) groups is 2. The fraction of sp³-hybridized carbons (Fsp3) is 0.368. The van der Waals surface area contributed by atoms with Gasteiger partial charge in [-0.05, 0) is 25.0 Å². The molecule has 0 aliphatic carbocycles. The normalized spacial score (nSPS) is 18.4. The van der Waals surface area contributed by atoms with E-state index >= 15 is 0 Å². The van der Waals surface area contributed by atoms with Crippen LogP contribution in [0.4, 0.5) is 17.5 Å². The molecule has 28 heavy (non-hydrogen) atoms. The summed E-state index contributed by atoms with van der Waals surface area (Å²) in [6.45, 7) is 1.60. The number of hydrogen-bond acceptors (Lipinski definition) is 6. The highest BCUT2D eigenvalue weighted by Crippen LogP contribution is 2.31. The van der Waals surface area contributed by atoms with Crippen LogP contribution in [0.3, 0.4) is 0 Å². The predicted octanol–water partition coefficient (Wildman–Crippen LogP) is 1.44. The first-order valence-corrected chi connectivity index (χ1v) is 9.19. The molecule has 1 aromatic heterocycles. The van der Waals surface area contributed by atoms with E-state index in [2.05, 4.69) is 20.6 Å². The molecule has 3 N–H and O–H groups in total. The molecule has 0 saturated carbocycles. The van der Waals surface area contributed by atoms with Crippen LogP contribution in [0.25, 0.3) is 0 Å². The summed E-state index contributed by atoms with van der Waals surface area (Å²) in [5.41, 5.74) is 0.301. The molecule has 1 saturated heterocycles. The molecule has 0 unspecified atom stereocenters. The molecule has 9 nitrogen and oxygen atoms in total. The Morgan fingerprint density at radius 2 is 2.07 bits per heavy atom. The van der Waals surface area contributed by atoms with Crippen LogP contribution < -0.4 is 25.8 Å². The fourth-order valence-corrected chi connectivity index (χ4v) is 3.59. The van der Waals surface area contributed by atoms with Crippen molar-refractivity contribution >= 4 is 29.3 Å². The van der Waals surface area contributed by atoms with E-state index in [0.717, 1.165) is 25.9 Å². The molecule has 0 radical (unpaired) electrons. The topological polar surface area (TPSA) is 116 Å². The summed E-state index contributed by atoms with van der Waals surface area (Å²) in [5, 5.41) is 5.39. The maximum atomic E-state index is 12.8. The second kappa shape index (κ2) is 7.34. The van der Waals surface area contributed by atoms with E-state index in [1.54, 1.807) is 24.3 Å². The van der Waals surface area contributed by atoms with Gasteiger partial charge in [0.2, 0.25) is 17.8 Å².